The van der Waals surface area contributed by atoms with Gasteiger partial charge in [-0.15, -0.1) is 10.2 Å². The molecule has 0 spiro atoms. The van der Waals surface area contributed by atoms with Crippen molar-refractivity contribution in [2.24, 2.45) is 0 Å². The Balaban J connectivity index is 0.772. The first-order valence-corrected chi connectivity index (χ1v) is 35.4. The Morgan fingerprint density at radius 3 is 1.43 bits per heavy atom. The molecule has 6 aromatic rings. The number of aryl methyl sites for hydroxylation is 2. The van der Waals surface area contributed by atoms with Crippen LogP contribution in [0.1, 0.15) is 187 Å². The second-order valence-electron chi connectivity index (χ2n) is 28.8. The van der Waals surface area contributed by atoms with Crippen LogP contribution in [0.4, 0.5) is 22.7 Å². The molecule has 12 rings (SSSR count). The number of nitrogens with zero attached hydrogens (tertiary/aromatic N) is 10. The van der Waals surface area contributed by atoms with Crippen molar-refractivity contribution in [3.8, 4) is 0 Å². The Morgan fingerprint density at radius 1 is 0.516 bits per heavy atom. The highest BCUT2D eigenvalue weighted by Crippen LogP contribution is 2.50. The van der Waals surface area contributed by atoms with Crippen LogP contribution >= 0.6 is 0 Å². The molecule has 0 atom stereocenters. The van der Waals surface area contributed by atoms with E-state index in [-0.39, 0.29) is 28.1 Å². The van der Waals surface area contributed by atoms with Gasteiger partial charge in [0.15, 0.2) is 11.4 Å². The number of ether oxygens (including phenoxy) is 1. The van der Waals surface area contributed by atoms with Gasteiger partial charge in [-0.05, 0) is 150 Å². The van der Waals surface area contributed by atoms with Crippen LogP contribution in [-0.2, 0) is 44.0 Å². The number of hydrogen-bond acceptors (Lipinski definition) is 8. The van der Waals surface area contributed by atoms with Crippen LogP contribution in [0.3, 0.4) is 0 Å². The van der Waals surface area contributed by atoms with Crippen molar-refractivity contribution in [2.45, 2.75) is 188 Å². The lowest BCUT2D eigenvalue weighted by atomic mass is 9.81. The maximum Gasteiger partial charge on any atom is 0.303 e. The van der Waals surface area contributed by atoms with E-state index in [4.69, 9.17) is 20.3 Å². The number of para-hydroxylation sites is 4. The normalized spacial score (nSPS) is 20.3. The molecule has 2 aromatic heterocycles. The quantitative estimate of drug-likeness (QED) is 0.0441. The maximum atomic E-state index is 11.7. The summed E-state index contributed by atoms with van der Waals surface area (Å²) in [4.78, 5) is 16.7. The first kappa shape index (κ1) is 66.5. The smallest absolute Gasteiger partial charge is 0.303 e. The average Bonchev–Trinajstić information content (AvgIpc) is 1.63. The highest BCUT2D eigenvalue weighted by atomic mass is 16.5. The van der Waals surface area contributed by atoms with Crippen LogP contribution in [0.5, 0.6) is 0 Å². The van der Waals surface area contributed by atoms with E-state index in [1.165, 1.54) is 90.1 Å². The van der Waals surface area contributed by atoms with Crippen LogP contribution in [0.15, 0.2) is 192 Å². The molecule has 0 saturated heterocycles. The van der Waals surface area contributed by atoms with Crippen LogP contribution in [0.2, 0.25) is 0 Å². The molecule has 95 heavy (non-hydrogen) atoms. The van der Waals surface area contributed by atoms with Crippen LogP contribution in [-0.4, -0.2) is 101 Å². The molecule has 0 radical (unpaired) electrons. The largest absolute Gasteiger partial charge is 0.481 e. The van der Waals surface area contributed by atoms with Gasteiger partial charge in [0.2, 0.25) is 11.4 Å². The Bertz CT molecular complexity index is 4220. The van der Waals surface area contributed by atoms with Crippen molar-refractivity contribution in [3.05, 3.63) is 225 Å². The summed E-state index contributed by atoms with van der Waals surface area (Å²) in [6.45, 7) is 30.6. The Labute approximate surface area is 564 Å². The van der Waals surface area contributed by atoms with Gasteiger partial charge >= 0.3 is 5.97 Å². The molecule has 13 heteroatoms. The van der Waals surface area contributed by atoms with Gasteiger partial charge in [0.05, 0.1) is 52.4 Å². The minimum absolute atomic E-state index is 0.000239. The van der Waals surface area contributed by atoms with E-state index in [0.29, 0.717) is 25.3 Å². The number of hydrogen-bond donors (Lipinski definition) is 1. The Morgan fingerprint density at radius 2 is 0.958 bits per heavy atom. The number of allylic oxidation sites excluding steroid dienone is 16. The number of carboxylic acid groups (broad SMARTS) is 1. The van der Waals surface area contributed by atoms with Gasteiger partial charge in [0.1, 0.15) is 13.1 Å². The summed E-state index contributed by atoms with van der Waals surface area (Å²) in [6.07, 6.45) is 34.7. The summed E-state index contributed by atoms with van der Waals surface area (Å²) < 4.78 is 15.5. The fraction of sp³-hybridized carbons (Fsp3) is 0.427. The van der Waals surface area contributed by atoms with Crippen LogP contribution in [0.25, 0.3) is 11.4 Å². The molecule has 0 bridgehead atoms. The fourth-order valence-corrected chi connectivity index (χ4v) is 16.0. The lowest BCUT2D eigenvalue weighted by Gasteiger charge is -2.27. The number of aromatic nitrogens is 6. The first-order chi connectivity index (χ1) is 45.9. The van der Waals surface area contributed by atoms with E-state index in [1.54, 1.807) is 0 Å². The molecule has 2 aliphatic carbocycles. The average molecular weight is 1270 g/mol. The predicted octanol–water partition coefficient (Wildman–Crippen LogP) is 17.4. The minimum Gasteiger partial charge on any atom is -0.481 e. The predicted molar refractivity (Wildman–Crippen MR) is 388 cm³/mol. The third-order valence-corrected chi connectivity index (χ3v) is 20.8. The number of aliphatic carboxylic acids is 1. The van der Waals surface area contributed by atoms with Crippen LogP contribution in [0, 0.1) is 0 Å². The standard InChI is InChI=1S/C82H99N10O3/c1-12-50-87-68-36-19-15-32-64(68)79(4,5)72(87)45-40-58-27-23-28-59(41-46-73-80(6,7)65-33-16-20-37-69(65)88(73)51-13-2)77(58)91-56-62(83-85-91)31-25-54-95-55-26-53-90-71-39-22-18-35-67(71)82(10,11)75(90)48-43-61-30-24-29-60(78(61)92-57-63(84-86-92)44-49-76(93)94)42-47-74-81(8,9)66-34-17-21-38-70(66)89(74)52-14-3/h15-22,32-43,45-48,56-57H,12-14,23-31,44,49-55H2,1-11H3/q+1/p+1. The van der Waals surface area contributed by atoms with Gasteiger partial charge in [-0.2, -0.15) is 9.15 Å². The molecule has 1 N–H and O–H groups in total. The van der Waals surface area contributed by atoms with E-state index >= 15 is 0 Å². The van der Waals surface area contributed by atoms with E-state index in [2.05, 4.69) is 257 Å². The fourth-order valence-electron chi connectivity index (χ4n) is 16.0. The van der Waals surface area contributed by atoms with E-state index in [1.807, 2.05) is 10.9 Å². The minimum atomic E-state index is -0.847. The van der Waals surface area contributed by atoms with E-state index < -0.39 is 5.97 Å². The van der Waals surface area contributed by atoms with Crippen molar-refractivity contribution >= 4 is 51.5 Å². The lowest BCUT2D eigenvalue weighted by molar-refractivity contribution is -0.437. The van der Waals surface area contributed by atoms with Gasteiger partial charge in [-0.1, -0.05) is 156 Å². The zero-order valence-corrected chi connectivity index (χ0v) is 58.4. The summed E-state index contributed by atoms with van der Waals surface area (Å²) in [7, 11) is 0. The van der Waals surface area contributed by atoms with E-state index in [9.17, 15) is 9.90 Å². The van der Waals surface area contributed by atoms with Crippen molar-refractivity contribution in [1.29, 1.82) is 0 Å². The van der Waals surface area contributed by atoms with Gasteiger partial charge in [-0.3, -0.25) is 4.79 Å². The monoisotopic (exact) mass is 1270 g/mol. The molecule has 4 aliphatic heterocycles. The summed E-state index contributed by atoms with van der Waals surface area (Å²) in [6, 6.07) is 35.5. The maximum absolute atomic E-state index is 11.7. The topological polar surface area (TPSA) is 120 Å². The molecule has 13 nitrogen and oxygen atoms in total. The van der Waals surface area contributed by atoms with E-state index in [0.717, 1.165) is 120 Å². The second-order valence-corrected chi connectivity index (χ2v) is 28.8. The van der Waals surface area contributed by atoms with Crippen molar-refractivity contribution < 1.29 is 23.8 Å². The van der Waals surface area contributed by atoms with Crippen LogP contribution < -0.4 is 9.80 Å². The third-order valence-electron chi connectivity index (χ3n) is 20.8. The summed E-state index contributed by atoms with van der Waals surface area (Å²) in [5.41, 5.74) is 23.8. The molecule has 4 aromatic carbocycles. The number of carbonyl (C=O) groups is 1. The lowest BCUT2D eigenvalue weighted by Crippen LogP contribution is -2.28. The summed E-state index contributed by atoms with van der Waals surface area (Å²) in [5, 5.41) is 28.6. The van der Waals surface area contributed by atoms with Gasteiger partial charge in [0, 0.05) is 115 Å². The van der Waals surface area contributed by atoms with Crippen molar-refractivity contribution in [2.75, 3.05) is 49.2 Å². The molecular formula is C82H100N10O3+2. The Hall–Kier alpha value is -8.55. The number of benzene rings is 4. The first-order valence-electron chi connectivity index (χ1n) is 35.4. The van der Waals surface area contributed by atoms with Gasteiger partial charge in [-0.25, -0.2) is 9.36 Å². The zero-order valence-electron chi connectivity index (χ0n) is 58.4. The van der Waals surface area contributed by atoms with Crippen molar-refractivity contribution in [3.63, 3.8) is 0 Å². The summed E-state index contributed by atoms with van der Waals surface area (Å²) in [5.74, 6) is -0.847. The van der Waals surface area contributed by atoms with Gasteiger partial charge < -0.3 is 19.6 Å². The molecular weight excluding hydrogens is 1170 g/mol. The molecule has 0 unspecified atom stereocenters. The number of carboxylic acids is 1. The SMILES string of the molecule is CCCN1/C(=C/C=C2\CCCC(/C=C/C3=[N+](CCC)c4ccccc4C3(C)C)=C2n2cc(CCCOCCCN3C(=CC=C4CCCC(C=CC5=[N+](CCC)c6ccccc6C5(C)C)=C4n4cc(CCC(=O)O)nn4)C(C)(C)c4ccccc43)nn2)C(C)(C)c2ccccc21. The molecule has 0 fully saturated rings. The summed E-state index contributed by atoms with van der Waals surface area (Å²) >= 11 is 0. The van der Waals surface area contributed by atoms with Gasteiger partial charge in [0.25, 0.3) is 0 Å². The number of anilines is 2. The number of fused-ring (bicyclic) bond motifs is 4. The Kier molecular flexibility index (Phi) is 19.6. The second kappa shape index (κ2) is 28.0. The number of rotatable bonds is 25. The highest BCUT2D eigenvalue weighted by Gasteiger charge is 2.46. The molecule has 0 saturated carbocycles. The zero-order chi connectivity index (χ0) is 66.7. The molecule has 6 aliphatic rings. The highest BCUT2D eigenvalue weighted by molar-refractivity contribution is 6.04. The third kappa shape index (κ3) is 13.1. The molecule has 0 amide bonds. The molecule has 6 heterocycles. The molecule has 494 valence electrons. The van der Waals surface area contributed by atoms with Crippen molar-refractivity contribution in [1.82, 2.24) is 30.0 Å².